The van der Waals surface area contributed by atoms with Gasteiger partial charge in [-0.3, -0.25) is 0 Å². The summed E-state index contributed by atoms with van der Waals surface area (Å²) in [7, 11) is 1.71. The van der Waals surface area contributed by atoms with Crippen LogP contribution in [0.25, 0.3) is 0 Å². The van der Waals surface area contributed by atoms with Gasteiger partial charge in [-0.1, -0.05) is 29.8 Å². The molecule has 86 valence electrons. The highest BCUT2D eigenvalue weighted by atomic mass is 79.9. The van der Waals surface area contributed by atoms with Crippen LogP contribution in [0, 0.1) is 5.92 Å². The van der Waals surface area contributed by atoms with Crippen LogP contribution in [0.1, 0.15) is 20.8 Å². The van der Waals surface area contributed by atoms with Crippen LogP contribution in [0.4, 0.5) is 0 Å². The minimum atomic E-state index is -0.298. The summed E-state index contributed by atoms with van der Waals surface area (Å²) in [5.74, 6) is 0.933. The summed E-state index contributed by atoms with van der Waals surface area (Å²) in [6.07, 6.45) is 0.136. The highest BCUT2D eigenvalue weighted by Crippen LogP contribution is 2.18. The molecule has 0 N–H and O–H groups in total. The Labute approximate surface area is 100 Å². The molecule has 0 fully saturated rings. The molecule has 0 rings (SSSR count). The fourth-order valence-corrected chi connectivity index (χ4v) is 1.69. The number of alkyl halides is 2. The van der Waals surface area contributed by atoms with Crippen molar-refractivity contribution in [2.24, 2.45) is 5.92 Å². The van der Waals surface area contributed by atoms with Crippen molar-refractivity contribution >= 4 is 27.5 Å². The lowest BCUT2D eigenvalue weighted by Gasteiger charge is -2.29. The summed E-state index contributed by atoms with van der Waals surface area (Å²) in [6, 6.07) is 0. The first-order chi connectivity index (χ1) is 6.49. The molecule has 0 aromatic heterocycles. The summed E-state index contributed by atoms with van der Waals surface area (Å²) >= 11 is 9.21. The van der Waals surface area contributed by atoms with E-state index in [0.717, 1.165) is 5.33 Å². The number of rotatable bonds is 7. The molecule has 0 heterocycles. The maximum atomic E-state index is 5.82. The predicted molar refractivity (Wildman–Crippen MR) is 64.5 cm³/mol. The predicted octanol–water partition coefficient (Wildman–Crippen LogP) is 3.07. The fourth-order valence-electron chi connectivity index (χ4n) is 0.929. The van der Waals surface area contributed by atoms with Crippen LogP contribution in [0.2, 0.25) is 0 Å². The van der Waals surface area contributed by atoms with Gasteiger partial charge in [0.05, 0.1) is 24.2 Å². The zero-order valence-electron chi connectivity index (χ0n) is 9.35. The van der Waals surface area contributed by atoms with Crippen LogP contribution in [0.5, 0.6) is 0 Å². The van der Waals surface area contributed by atoms with E-state index >= 15 is 0 Å². The van der Waals surface area contributed by atoms with Gasteiger partial charge in [0, 0.05) is 12.4 Å². The third kappa shape index (κ3) is 4.96. The molecule has 2 atom stereocenters. The van der Waals surface area contributed by atoms with E-state index in [1.807, 2.05) is 6.92 Å². The van der Waals surface area contributed by atoms with Gasteiger partial charge < -0.3 is 9.47 Å². The summed E-state index contributed by atoms with van der Waals surface area (Å²) in [5.41, 5.74) is -0.298. The largest absolute Gasteiger partial charge is 0.379 e. The molecule has 0 saturated heterocycles. The van der Waals surface area contributed by atoms with Crippen molar-refractivity contribution in [3.63, 3.8) is 0 Å². The second kappa shape index (κ2) is 7.04. The molecule has 0 aliphatic heterocycles. The zero-order valence-corrected chi connectivity index (χ0v) is 11.7. The third-order valence-electron chi connectivity index (χ3n) is 2.21. The van der Waals surface area contributed by atoms with Gasteiger partial charge in [0.25, 0.3) is 0 Å². The van der Waals surface area contributed by atoms with Crippen LogP contribution in [0.3, 0.4) is 0 Å². The molecule has 0 saturated carbocycles. The summed E-state index contributed by atoms with van der Waals surface area (Å²) in [6.45, 7) is 6.80. The van der Waals surface area contributed by atoms with Gasteiger partial charge in [0.1, 0.15) is 0 Å². The van der Waals surface area contributed by atoms with E-state index in [1.165, 1.54) is 0 Å². The second-order valence-corrected chi connectivity index (χ2v) is 4.87. The highest BCUT2D eigenvalue weighted by Gasteiger charge is 2.25. The standard InChI is InChI=1S/C10H20BrClO2/c1-8(2)9(13-4)5-14-10(3,6-11)7-12/h8-9H,5-7H2,1-4H3. The smallest absolute Gasteiger partial charge is 0.0886 e. The summed E-state index contributed by atoms with van der Waals surface area (Å²) in [5, 5.41) is 0.734. The van der Waals surface area contributed by atoms with E-state index in [2.05, 4.69) is 29.8 Å². The maximum Gasteiger partial charge on any atom is 0.0886 e. The quantitative estimate of drug-likeness (QED) is 0.670. The number of halogens is 2. The minimum absolute atomic E-state index is 0.136. The van der Waals surface area contributed by atoms with Crippen molar-refractivity contribution in [3.8, 4) is 0 Å². The number of hydrogen-bond acceptors (Lipinski definition) is 2. The Morgan fingerprint density at radius 2 is 2.00 bits per heavy atom. The average Bonchev–Trinajstić information content (AvgIpc) is 2.18. The van der Waals surface area contributed by atoms with Gasteiger partial charge in [-0.2, -0.15) is 0 Å². The average molecular weight is 288 g/mol. The first-order valence-electron chi connectivity index (χ1n) is 4.77. The maximum absolute atomic E-state index is 5.82. The fraction of sp³-hybridized carbons (Fsp3) is 1.00. The van der Waals surface area contributed by atoms with E-state index in [-0.39, 0.29) is 11.7 Å². The van der Waals surface area contributed by atoms with Crippen molar-refractivity contribution < 1.29 is 9.47 Å². The lowest BCUT2D eigenvalue weighted by atomic mass is 10.1. The van der Waals surface area contributed by atoms with Crippen LogP contribution in [0.15, 0.2) is 0 Å². The molecule has 0 radical (unpaired) electrons. The molecule has 0 aromatic rings. The molecule has 2 unspecified atom stereocenters. The van der Waals surface area contributed by atoms with Gasteiger partial charge in [-0.15, -0.1) is 11.6 Å². The van der Waals surface area contributed by atoms with Gasteiger partial charge in [-0.05, 0) is 12.8 Å². The number of hydrogen-bond donors (Lipinski definition) is 0. The van der Waals surface area contributed by atoms with E-state index in [9.17, 15) is 0 Å². The Bertz CT molecular complexity index is 149. The molecule has 0 amide bonds. The molecule has 0 bridgehead atoms. The Morgan fingerprint density at radius 1 is 1.43 bits per heavy atom. The minimum Gasteiger partial charge on any atom is -0.379 e. The van der Waals surface area contributed by atoms with Gasteiger partial charge in [0.15, 0.2) is 0 Å². The van der Waals surface area contributed by atoms with Crippen LogP contribution < -0.4 is 0 Å². The van der Waals surface area contributed by atoms with E-state index in [1.54, 1.807) is 7.11 Å². The third-order valence-corrected chi connectivity index (χ3v) is 3.96. The van der Waals surface area contributed by atoms with Gasteiger partial charge in [0.2, 0.25) is 0 Å². The van der Waals surface area contributed by atoms with E-state index in [0.29, 0.717) is 18.4 Å². The van der Waals surface area contributed by atoms with Crippen LogP contribution >= 0.6 is 27.5 Å². The molecule has 0 aliphatic rings. The molecule has 14 heavy (non-hydrogen) atoms. The van der Waals surface area contributed by atoms with Gasteiger partial charge in [-0.25, -0.2) is 0 Å². The summed E-state index contributed by atoms with van der Waals surface area (Å²) in [4.78, 5) is 0. The molecule has 2 nitrogen and oxygen atoms in total. The number of ether oxygens (including phenoxy) is 2. The van der Waals surface area contributed by atoms with Crippen molar-refractivity contribution in [3.05, 3.63) is 0 Å². The van der Waals surface area contributed by atoms with E-state index in [4.69, 9.17) is 21.1 Å². The lowest BCUT2D eigenvalue weighted by Crippen LogP contribution is -2.37. The molecule has 0 aliphatic carbocycles. The van der Waals surface area contributed by atoms with Crippen LogP contribution in [-0.2, 0) is 9.47 Å². The zero-order chi connectivity index (χ0) is 11.2. The first-order valence-corrected chi connectivity index (χ1v) is 6.43. The molecule has 0 aromatic carbocycles. The van der Waals surface area contributed by atoms with E-state index < -0.39 is 0 Å². The number of methoxy groups -OCH3 is 1. The van der Waals surface area contributed by atoms with Crippen molar-refractivity contribution in [1.29, 1.82) is 0 Å². The first kappa shape index (κ1) is 14.7. The molecule has 4 heteroatoms. The SMILES string of the molecule is COC(COC(C)(CCl)CBr)C(C)C. The monoisotopic (exact) mass is 286 g/mol. The van der Waals surface area contributed by atoms with Crippen molar-refractivity contribution in [2.45, 2.75) is 32.5 Å². The summed E-state index contributed by atoms with van der Waals surface area (Å²) < 4.78 is 11.1. The second-order valence-electron chi connectivity index (χ2n) is 4.05. The normalized spacial score (nSPS) is 18.2. The lowest BCUT2D eigenvalue weighted by molar-refractivity contribution is -0.0697. The molecular formula is C10H20BrClO2. The molecular weight excluding hydrogens is 267 g/mol. The Hall–Kier alpha value is 0.690. The highest BCUT2D eigenvalue weighted by molar-refractivity contribution is 9.09. The Balaban J connectivity index is 4.00. The van der Waals surface area contributed by atoms with Crippen molar-refractivity contribution in [2.75, 3.05) is 24.9 Å². The Kier molecular flexibility index (Phi) is 7.39. The topological polar surface area (TPSA) is 18.5 Å². The van der Waals surface area contributed by atoms with Crippen LogP contribution in [-0.4, -0.2) is 36.6 Å². The Morgan fingerprint density at radius 3 is 2.29 bits per heavy atom. The molecule has 0 spiro atoms. The van der Waals surface area contributed by atoms with Gasteiger partial charge >= 0.3 is 0 Å². The van der Waals surface area contributed by atoms with Crippen molar-refractivity contribution in [1.82, 2.24) is 0 Å².